The molecule has 0 bridgehead atoms. The van der Waals surface area contributed by atoms with Crippen LogP contribution >= 0.6 is 48.8 Å². The molecule has 4 N–H and O–H groups in total. The maximum atomic E-state index is 13.0. The lowest BCUT2D eigenvalue weighted by atomic mass is 10.1. The van der Waals surface area contributed by atoms with Crippen molar-refractivity contribution >= 4 is 82.4 Å². The Kier molecular flexibility index (Phi) is 16.0. The van der Waals surface area contributed by atoms with Gasteiger partial charge in [0.15, 0.2) is 5.75 Å². The normalized spacial score (nSPS) is 13.7. The third-order valence-corrected chi connectivity index (χ3v) is 8.55. The quantitative estimate of drug-likeness (QED) is 0.171. The van der Waals surface area contributed by atoms with Crippen molar-refractivity contribution < 1.29 is 23.1 Å². The molecular formula is C29H35Cl4N5O5S. The Hall–Kier alpha value is -3.06. The first-order chi connectivity index (χ1) is 19.6. The number of nitrogens with two attached hydrogens (primary N) is 1. The number of anilines is 1. The number of nitrogens with one attached hydrogen (secondary N) is 1. The van der Waals surface area contributed by atoms with E-state index in [1.165, 1.54) is 11.6 Å². The molecule has 240 valence electrons. The lowest BCUT2D eigenvalue weighted by Gasteiger charge is -2.32. The molecular weight excluding hydrogens is 672 g/mol. The lowest BCUT2D eigenvalue weighted by Crippen LogP contribution is -2.37. The van der Waals surface area contributed by atoms with Crippen molar-refractivity contribution in [2.45, 2.75) is 25.5 Å². The molecule has 0 radical (unpaired) electrons. The number of nitrogen functional groups attached to an aromatic ring is 1. The smallest absolute Gasteiger partial charge is 0.320 e. The molecule has 1 fully saturated rings. The van der Waals surface area contributed by atoms with Crippen LogP contribution in [0.25, 0.3) is 6.08 Å². The Morgan fingerprint density at radius 2 is 1.80 bits per heavy atom. The minimum absolute atomic E-state index is 0. The fourth-order valence-corrected chi connectivity index (χ4v) is 5.99. The van der Waals surface area contributed by atoms with Crippen LogP contribution in [-0.4, -0.2) is 66.7 Å². The van der Waals surface area contributed by atoms with Crippen molar-refractivity contribution in [1.82, 2.24) is 9.88 Å². The summed E-state index contributed by atoms with van der Waals surface area (Å²) < 4.78 is 33.1. The molecule has 1 aromatic heterocycles. The number of carboxylic acids is 1. The Balaban J connectivity index is 0.00000323. The average molecular weight is 708 g/mol. The lowest BCUT2D eigenvalue weighted by molar-refractivity contribution is -0.134. The van der Waals surface area contributed by atoms with Gasteiger partial charge in [0.2, 0.25) is 10.0 Å². The monoisotopic (exact) mass is 705 g/mol. The van der Waals surface area contributed by atoms with E-state index in [0.717, 1.165) is 36.8 Å². The van der Waals surface area contributed by atoms with Crippen LogP contribution in [0.4, 0.5) is 5.69 Å². The summed E-state index contributed by atoms with van der Waals surface area (Å²) in [5.41, 5.74) is 8.22. The second-order valence-electron chi connectivity index (χ2n) is 9.69. The van der Waals surface area contributed by atoms with Gasteiger partial charge < -0.3 is 15.6 Å². The summed E-state index contributed by atoms with van der Waals surface area (Å²) >= 11 is 6.53. The van der Waals surface area contributed by atoms with Crippen LogP contribution in [0.3, 0.4) is 0 Å². The zero-order chi connectivity index (χ0) is 29.4. The average Bonchev–Trinajstić information content (AvgIpc) is 2.93. The van der Waals surface area contributed by atoms with E-state index in [0.29, 0.717) is 16.9 Å². The van der Waals surface area contributed by atoms with E-state index >= 15 is 0 Å². The number of carboxylic acid groups (broad SMARTS) is 1. The predicted molar refractivity (Wildman–Crippen MR) is 182 cm³/mol. The van der Waals surface area contributed by atoms with Gasteiger partial charge in [-0.25, -0.2) is 8.42 Å². The Bertz CT molecular complexity index is 1520. The van der Waals surface area contributed by atoms with Crippen molar-refractivity contribution in [3.63, 3.8) is 0 Å². The van der Waals surface area contributed by atoms with Gasteiger partial charge in [-0.05, 0) is 60.4 Å². The maximum Gasteiger partial charge on any atom is 0.320 e. The van der Waals surface area contributed by atoms with Crippen LogP contribution in [0.2, 0.25) is 5.02 Å². The Morgan fingerprint density at radius 1 is 1.11 bits per heavy atom. The molecule has 4 rings (SSSR count). The number of piperidine rings is 1. The number of nitrogens with zero attached hydrogens (tertiary/aromatic N) is 3. The molecule has 1 aliphatic rings. The number of rotatable bonds is 12. The first-order valence-corrected chi connectivity index (χ1v) is 15.0. The number of halogens is 4. The number of ether oxygens (including phenoxy) is 1. The highest BCUT2D eigenvalue weighted by Gasteiger charge is 2.26. The molecule has 2 aromatic carbocycles. The Labute approximate surface area is 281 Å². The van der Waals surface area contributed by atoms with Gasteiger partial charge in [0, 0.05) is 37.6 Å². The van der Waals surface area contributed by atoms with Crippen LogP contribution in [0.5, 0.6) is 5.75 Å². The van der Waals surface area contributed by atoms with Gasteiger partial charge in [0.1, 0.15) is 17.7 Å². The number of carbonyl (C=O) groups is 1. The van der Waals surface area contributed by atoms with E-state index in [1.807, 2.05) is 12.1 Å². The summed E-state index contributed by atoms with van der Waals surface area (Å²) in [4.78, 5) is 17.7. The zero-order valence-corrected chi connectivity index (χ0v) is 27.6. The zero-order valence-electron chi connectivity index (χ0n) is 23.5. The molecule has 1 saturated heterocycles. The fraction of sp³-hybridized carbons (Fsp3) is 0.276. The van der Waals surface area contributed by atoms with Gasteiger partial charge in [0.05, 0.1) is 17.3 Å². The van der Waals surface area contributed by atoms with Crippen LogP contribution in [-0.2, 0) is 21.4 Å². The SMILES string of the molecule is Cl.Cl.Cl.N=C(N)c1cccc(/C=C/CN(c2ccc(OC3CCN(Cc4ccncc4)CC3)c(Cl)c2)S(=O)(=O)CC(=O)O)c1. The van der Waals surface area contributed by atoms with Crippen LogP contribution < -0.4 is 14.8 Å². The fourth-order valence-electron chi connectivity index (χ4n) is 4.56. The van der Waals surface area contributed by atoms with Crippen molar-refractivity contribution in [2.24, 2.45) is 5.73 Å². The number of likely N-dealkylation sites (tertiary alicyclic amines) is 1. The first-order valence-electron chi connectivity index (χ1n) is 13.0. The molecule has 10 nitrogen and oxygen atoms in total. The molecule has 1 aliphatic heterocycles. The maximum absolute atomic E-state index is 13.0. The minimum atomic E-state index is -4.22. The molecule has 0 spiro atoms. The molecule has 15 heteroatoms. The highest BCUT2D eigenvalue weighted by Crippen LogP contribution is 2.33. The molecule has 3 aromatic rings. The summed E-state index contributed by atoms with van der Waals surface area (Å²) in [5, 5.41) is 17.0. The first kappa shape index (κ1) is 39.0. The van der Waals surface area contributed by atoms with E-state index in [2.05, 4.69) is 9.88 Å². The van der Waals surface area contributed by atoms with Gasteiger partial charge in [-0.3, -0.25) is 24.4 Å². The van der Waals surface area contributed by atoms with Gasteiger partial charge in [-0.1, -0.05) is 42.0 Å². The van der Waals surface area contributed by atoms with Crippen molar-refractivity contribution in [1.29, 1.82) is 5.41 Å². The number of amidine groups is 1. The topological polar surface area (TPSA) is 150 Å². The minimum Gasteiger partial charge on any atom is -0.489 e. The largest absolute Gasteiger partial charge is 0.489 e. The molecule has 0 unspecified atom stereocenters. The number of hydrogen-bond donors (Lipinski definition) is 3. The predicted octanol–water partition coefficient (Wildman–Crippen LogP) is 5.26. The number of hydrogen-bond acceptors (Lipinski definition) is 7. The Morgan fingerprint density at radius 3 is 2.41 bits per heavy atom. The summed E-state index contributed by atoms with van der Waals surface area (Å²) in [5.74, 6) is -2.18. The van der Waals surface area contributed by atoms with Crippen LogP contribution in [0, 0.1) is 5.41 Å². The van der Waals surface area contributed by atoms with E-state index in [9.17, 15) is 18.3 Å². The second kappa shape index (κ2) is 18.0. The highest BCUT2D eigenvalue weighted by molar-refractivity contribution is 7.93. The van der Waals surface area contributed by atoms with Crippen LogP contribution in [0.1, 0.15) is 29.5 Å². The van der Waals surface area contributed by atoms with E-state index in [-0.39, 0.29) is 66.4 Å². The number of sulfonamides is 1. The highest BCUT2D eigenvalue weighted by atomic mass is 35.5. The van der Waals surface area contributed by atoms with Crippen molar-refractivity contribution in [2.75, 3.05) is 29.7 Å². The molecule has 0 atom stereocenters. The van der Waals surface area contributed by atoms with Gasteiger partial charge in [0.25, 0.3) is 0 Å². The van der Waals surface area contributed by atoms with E-state index in [1.54, 1.807) is 60.9 Å². The third-order valence-electron chi connectivity index (χ3n) is 6.61. The molecule has 0 saturated carbocycles. The number of pyridine rings is 1. The van der Waals surface area contributed by atoms with Crippen LogP contribution in [0.15, 0.2) is 73.1 Å². The van der Waals surface area contributed by atoms with Gasteiger partial charge in [-0.2, -0.15) is 0 Å². The molecule has 0 amide bonds. The summed E-state index contributed by atoms with van der Waals surface area (Å²) in [6.07, 6.45) is 8.45. The number of aromatic nitrogens is 1. The molecule has 44 heavy (non-hydrogen) atoms. The standard InChI is InChI=1S/C29H32ClN5O5S.3ClH/c30-26-18-24(6-7-27(26)40-25-10-15-34(16-11-25)19-22-8-12-33-13-9-22)35(41(38,39)20-28(36)37)14-2-4-21-3-1-5-23(17-21)29(31)32;;;/h1-9,12-13,17-18,25H,10-11,14-16,19-20H2,(H3,31,32)(H,36,37);3*1H/b4-2+;;;. The third kappa shape index (κ3) is 11.1. The summed E-state index contributed by atoms with van der Waals surface area (Å²) in [6.45, 7) is 2.45. The summed E-state index contributed by atoms with van der Waals surface area (Å²) in [6, 6.07) is 15.6. The van der Waals surface area contributed by atoms with Crippen molar-refractivity contribution in [3.8, 4) is 5.75 Å². The number of aliphatic carboxylic acids is 1. The van der Waals surface area contributed by atoms with Gasteiger partial charge >= 0.3 is 5.97 Å². The van der Waals surface area contributed by atoms with E-state index in [4.69, 9.17) is 27.5 Å². The van der Waals surface area contributed by atoms with Crippen molar-refractivity contribution in [3.05, 3.63) is 94.8 Å². The summed E-state index contributed by atoms with van der Waals surface area (Å²) in [7, 11) is -4.22. The molecule has 0 aliphatic carbocycles. The van der Waals surface area contributed by atoms with E-state index < -0.39 is 21.7 Å². The number of benzene rings is 2. The van der Waals surface area contributed by atoms with Gasteiger partial charge in [-0.15, -0.1) is 37.2 Å². The molecule has 2 heterocycles. The second-order valence-corrected chi connectivity index (χ2v) is 12.0.